The standard InChI is InChI=1S/C10H16N2O2/c1-2-3-7(13)12-9-8(11)6-4-5-14-10(6)9/h2-3,6,8-10H,4-5,11H2,1H3,(H,12,13). The van der Waals surface area contributed by atoms with Crippen LogP contribution in [0.3, 0.4) is 0 Å². The summed E-state index contributed by atoms with van der Waals surface area (Å²) in [5.41, 5.74) is 5.93. The maximum Gasteiger partial charge on any atom is 0.244 e. The average molecular weight is 196 g/mol. The highest BCUT2D eigenvalue weighted by Gasteiger charge is 2.52. The number of hydrogen-bond donors (Lipinski definition) is 2. The SMILES string of the molecule is CC=CC(=O)NC1C(N)C2CCOC21. The van der Waals surface area contributed by atoms with Crippen molar-refractivity contribution in [2.75, 3.05) is 6.61 Å². The molecule has 0 spiro atoms. The molecule has 1 aliphatic carbocycles. The zero-order valence-corrected chi connectivity index (χ0v) is 8.27. The summed E-state index contributed by atoms with van der Waals surface area (Å²) in [4.78, 5) is 11.3. The summed E-state index contributed by atoms with van der Waals surface area (Å²) >= 11 is 0. The minimum Gasteiger partial charge on any atom is -0.376 e. The first-order valence-corrected chi connectivity index (χ1v) is 5.04. The van der Waals surface area contributed by atoms with Gasteiger partial charge in [0.2, 0.25) is 5.91 Å². The number of nitrogens with one attached hydrogen (secondary N) is 1. The van der Waals surface area contributed by atoms with E-state index < -0.39 is 0 Å². The molecule has 1 amide bonds. The zero-order chi connectivity index (χ0) is 10.1. The van der Waals surface area contributed by atoms with Gasteiger partial charge in [-0.05, 0) is 19.4 Å². The fraction of sp³-hybridized carbons (Fsp3) is 0.700. The van der Waals surface area contributed by atoms with E-state index in [-0.39, 0.29) is 24.1 Å². The third kappa shape index (κ3) is 1.44. The number of fused-ring (bicyclic) bond motifs is 1. The van der Waals surface area contributed by atoms with Crippen molar-refractivity contribution in [1.29, 1.82) is 0 Å². The van der Waals surface area contributed by atoms with Crippen molar-refractivity contribution in [2.24, 2.45) is 11.7 Å². The molecule has 0 aromatic rings. The summed E-state index contributed by atoms with van der Waals surface area (Å²) in [6.07, 6.45) is 4.41. The van der Waals surface area contributed by atoms with Gasteiger partial charge in [-0.15, -0.1) is 0 Å². The molecule has 14 heavy (non-hydrogen) atoms. The second-order valence-corrected chi connectivity index (χ2v) is 3.90. The first-order valence-electron chi connectivity index (χ1n) is 5.04. The van der Waals surface area contributed by atoms with Gasteiger partial charge in [0.05, 0.1) is 12.1 Å². The fourth-order valence-electron chi connectivity index (χ4n) is 2.29. The van der Waals surface area contributed by atoms with Crippen molar-refractivity contribution >= 4 is 5.91 Å². The summed E-state index contributed by atoms with van der Waals surface area (Å²) in [7, 11) is 0. The van der Waals surface area contributed by atoms with Gasteiger partial charge in [-0.25, -0.2) is 0 Å². The Morgan fingerprint density at radius 3 is 3.14 bits per heavy atom. The van der Waals surface area contributed by atoms with E-state index in [1.165, 1.54) is 6.08 Å². The number of carbonyl (C=O) groups is 1. The van der Waals surface area contributed by atoms with E-state index in [0.717, 1.165) is 13.0 Å². The Morgan fingerprint density at radius 1 is 1.64 bits per heavy atom. The van der Waals surface area contributed by atoms with E-state index in [1.807, 2.05) is 6.92 Å². The van der Waals surface area contributed by atoms with Gasteiger partial charge < -0.3 is 15.8 Å². The molecule has 0 aromatic heterocycles. The van der Waals surface area contributed by atoms with Crippen LogP contribution in [0.1, 0.15) is 13.3 Å². The predicted octanol–water partition coefficient (Wildman–Crippen LogP) is -0.207. The van der Waals surface area contributed by atoms with E-state index in [9.17, 15) is 4.79 Å². The molecule has 3 N–H and O–H groups in total. The van der Waals surface area contributed by atoms with Crippen molar-refractivity contribution < 1.29 is 9.53 Å². The van der Waals surface area contributed by atoms with Crippen LogP contribution in [0.5, 0.6) is 0 Å². The number of carbonyl (C=O) groups excluding carboxylic acids is 1. The van der Waals surface area contributed by atoms with Gasteiger partial charge in [0.1, 0.15) is 0 Å². The van der Waals surface area contributed by atoms with Crippen molar-refractivity contribution in [3.05, 3.63) is 12.2 Å². The molecule has 2 aliphatic rings. The van der Waals surface area contributed by atoms with Crippen LogP contribution in [0, 0.1) is 5.92 Å². The Bertz CT molecular complexity index is 265. The third-order valence-electron chi connectivity index (χ3n) is 3.07. The van der Waals surface area contributed by atoms with Crippen LogP contribution in [0.2, 0.25) is 0 Å². The number of allylic oxidation sites excluding steroid dienone is 1. The van der Waals surface area contributed by atoms with E-state index in [0.29, 0.717) is 5.92 Å². The van der Waals surface area contributed by atoms with Gasteiger partial charge in [-0.2, -0.15) is 0 Å². The molecule has 0 radical (unpaired) electrons. The zero-order valence-electron chi connectivity index (χ0n) is 8.27. The molecule has 1 saturated heterocycles. The van der Waals surface area contributed by atoms with Crippen LogP contribution in [0.25, 0.3) is 0 Å². The lowest BCUT2D eigenvalue weighted by atomic mass is 9.72. The Hall–Kier alpha value is -0.870. The highest BCUT2D eigenvalue weighted by molar-refractivity contribution is 5.87. The summed E-state index contributed by atoms with van der Waals surface area (Å²) in [6, 6.07) is 0.0721. The molecule has 0 aromatic carbocycles. The van der Waals surface area contributed by atoms with E-state index in [1.54, 1.807) is 6.08 Å². The predicted molar refractivity (Wildman–Crippen MR) is 52.6 cm³/mol. The highest BCUT2D eigenvalue weighted by atomic mass is 16.5. The van der Waals surface area contributed by atoms with Gasteiger partial charge in [0.15, 0.2) is 0 Å². The van der Waals surface area contributed by atoms with Gasteiger partial charge in [0, 0.05) is 18.6 Å². The summed E-state index contributed by atoms with van der Waals surface area (Å²) in [5.74, 6) is 0.368. The van der Waals surface area contributed by atoms with Crippen molar-refractivity contribution in [3.63, 3.8) is 0 Å². The third-order valence-corrected chi connectivity index (χ3v) is 3.07. The minimum atomic E-state index is -0.0816. The van der Waals surface area contributed by atoms with Gasteiger partial charge in [0.25, 0.3) is 0 Å². The van der Waals surface area contributed by atoms with E-state index in [4.69, 9.17) is 10.5 Å². The fourth-order valence-corrected chi connectivity index (χ4v) is 2.29. The second-order valence-electron chi connectivity index (χ2n) is 3.90. The van der Waals surface area contributed by atoms with Crippen LogP contribution in [0.15, 0.2) is 12.2 Å². The lowest BCUT2D eigenvalue weighted by molar-refractivity contribution is -0.121. The monoisotopic (exact) mass is 196 g/mol. The maximum absolute atomic E-state index is 11.3. The molecular weight excluding hydrogens is 180 g/mol. The minimum absolute atomic E-state index is 0.00574. The number of ether oxygens (including phenoxy) is 1. The Morgan fingerprint density at radius 2 is 2.43 bits per heavy atom. The molecule has 4 nitrogen and oxygen atoms in total. The maximum atomic E-state index is 11.3. The summed E-state index contributed by atoms with van der Waals surface area (Å²) in [5, 5.41) is 2.86. The molecule has 2 fully saturated rings. The molecule has 1 saturated carbocycles. The number of hydrogen-bond acceptors (Lipinski definition) is 3. The molecule has 4 atom stereocenters. The molecule has 4 heteroatoms. The largest absolute Gasteiger partial charge is 0.376 e. The van der Waals surface area contributed by atoms with E-state index in [2.05, 4.69) is 5.32 Å². The van der Waals surface area contributed by atoms with Gasteiger partial charge >= 0.3 is 0 Å². The molecule has 1 aliphatic heterocycles. The number of rotatable bonds is 2. The topological polar surface area (TPSA) is 64.4 Å². The first-order chi connectivity index (χ1) is 6.74. The second kappa shape index (κ2) is 3.71. The number of amides is 1. The van der Waals surface area contributed by atoms with Crippen molar-refractivity contribution in [2.45, 2.75) is 31.5 Å². The summed E-state index contributed by atoms with van der Waals surface area (Å²) < 4.78 is 5.50. The Kier molecular flexibility index (Phi) is 2.56. The molecule has 78 valence electrons. The normalized spacial score (nSPS) is 40.7. The molecule has 4 unspecified atom stereocenters. The average Bonchev–Trinajstić information content (AvgIpc) is 2.59. The Balaban J connectivity index is 1.90. The summed E-state index contributed by atoms with van der Waals surface area (Å²) in [6.45, 7) is 2.59. The van der Waals surface area contributed by atoms with Crippen LogP contribution in [-0.4, -0.2) is 30.7 Å². The molecule has 1 heterocycles. The van der Waals surface area contributed by atoms with Crippen LogP contribution < -0.4 is 11.1 Å². The highest BCUT2D eigenvalue weighted by Crippen LogP contribution is 2.37. The number of nitrogens with two attached hydrogens (primary N) is 1. The molecule has 0 bridgehead atoms. The van der Waals surface area contributed by atoms with Crippen molar-refractivity contribution in [1.82, 2.24) is 5.32 Å². The lowest BCUT2D eigenvalue weighted by Gasteiger charge is -2.45. The molecule has 2 rings (SSSR count). The van der Waals surface area contributed by atoms with Crippen LogP contribution in [0.4, 0.5) is 0 Å². The lowest BCUT2D eigenvalue weighted by Crippen LogP contribution is -2.68. The van der Waals surface area contributed by atoms with E-state index >= 15 is 0 Å². The van der Waals surface area contributed by atoms with Crippen LogP contribution in [-0.2, 0) is 9.53 Å². The van der Waals surface area contributed by atoms with Crippen molar-refractivity contribution in [3.8, 4) is 0 Å². The van der Waals surface area contributed by atoms with Gasteiger partial charge in [-0.1, -0.05) is 6.08 Å². The smallest absolute Gasteiger partial charge is 0.244 e. The quantitative estimate of drug-likeness (QED) is 0.601. The van der Waals surface area contributed by atoms with Gasteiger partial charge in [-0.3, -0.25) is 4.79 Å². The Labute approximate surface area is 83.5 Å². The van der Waals surface area contributed by atoms with Crippen LogP contribution >= 0.6 is 0 Å². The first kappa shape index (κ1) is 9.68. The molecular formula is C10H16N2O2.